The van der Waals surface area contributed by atoms with Crippen LogP contribution in [0.1, 0.15) is 30.0 Å². The van der Waals surface area contributed by atoms with E-state index >= 15 is 0 Å². The molecule has 0 aliphatic heterocycles. The fourth-order valence-electron chi connectivity index (χ4n) is 2.12. The Morgan fingerprint density at radius 1 is 1.38 bits per heavy atom. The van der Waals surface area contributed by atoms with Crippen LogP contribution in [0.3, 0.4) is 0 Å². The van der Waals surface area contributed by atoms with Crippen LogP contribution in [0, 0.1) is 5.92 Å². The normalized spacial score (nSPS) is 10.9. The molecule has 0 aliphatic carbocycles. The minimum absolute atomic E-state index is 0.293. The predicted molar refractivity (Wildman–Crippen MR) is 78.7 cm³/mol. The zero-order valence-electron chi connectivity index (χ0n) is 12.5. The molecular formula is C15H20N4O2. The molecule has 6 nitrogen and oxygen atoms in total. The third-order valence-electron chi connectivity index (χ3n) is 3.17. The Morgan fingerprint density at radius 2 is 2.14 bits per heavy atom. The fourth-order valence-corrected chi connectivity index (χ4v) is 2.12. The largest absolute Gasteiger partial charge is 0.348 e. The number of hydrogen-bond acceptors (Lipinski definition) is 3. The van der Waals surface area contributed by atoms with Crippen LogP contribution in [-0.4, -0.2) is 25.8 Å². The van der Waals surface area contributed by atoms with Crippen molar-refractivity contribution in [3.63, 3.8) is 0 Å². The average molecular weight is 288 g/mol. The number of ketones is 1. The number of aromatic nitrogens is 3. The van der Waals surface area contributed by atoms with Gasteiger partial charge in [0.1, 0.15) is 0 Å². The number of imidazole rings is 1. The van der Waals surface area contributed by atoms with E-state index in [0.717, 1.165) is 12.2 Å². The van der Waals surface area contributed by atoms with Crippen molar-refractivity contribution < 1.29 is 9.59 Å². The first-order valence-electron chi connectivity index (χ1n) is 6.92. The standard InChI is InChI=1S/C15H20N4O2/c1-11(2)9-19-10-16-7-12(19)8-17-15(21)14(20)13-5-4-6-18(13)3/h4-7,10-11H,8-9H2,1-3H3,(H,17,21). The number of carbonyl (C=O) groups is 2. The van der Waals surface area contributed by atoms with Gasteiger partial charge in [0.25, 0.3) is 11.7 Å². The van der Waals surface area contributed by atoms with Crippen molar-refractivity contribution in [3.05, 3.63) is 42.2 Å². The van der Waals surface area contributed by atoms with E-state index in [4.69, 9.17) is 0 Å². The first-order chi connectivity index (χ1) is 9.99. The molecule has 0 aromatic carbocycles. The Kier molecular flexibility index (Phi) is 4.57. The van der Waals surface area contributed by atoms with Crippen LogP contribution in [-0.2, 0) is 24.9 Å². The molecule has 0 aliphatic rings. The van der Waals surface area contributed by atoms with Crippen molar-refractivity contribution in [1.29, 1.82) is 0 Å². The molecule has 6 heteroatoms. The molecule has 0 saturated carbocycles. The number of Topliss-reactive ketones (excluding diaryl/α,β-unsaturated/α-hetero) is 1. The molecule has 0 saturated heterocycles. The predicted octanol–water partition coefficient (Wildman–Crippen LogP) is 1.38. The Bertz CT molecular complexity index is 640. The topological polar surface area (TPSA) is 68.9 Å². The summed E-state index contributed by atoms with van der Waals surface area (Å²) >= 11 is 0. The van der Waals surface area contributed by atoms with Gasteiger partial charge < -0.3 is 14.5 Å². The molecule has 0 fully saturated rings. The van der Waals surface area contributed by atoms with Crippen LogP contribution in [0.4, 0.5) is 0 Å². The molecule has 2 aromatic heterocycles. The van der Waals surface area contributed by atoms with Crippen molar-refractivity contribution >= 4 is 11.7 Å². The van der Waals surface area contributed by atoms with E-state index in [-0.39, 0.29) is 0 Å². The quantitative estimate of drug-likeness (QED) is 0.645. The van der Waals surface area contributed by atoms with Gasteiger partial charge in [-0.3, -0.25) is 9.59 Å². The van der Waals surface area contributed by atoms with Gasteiger partial charge in [-0.1, -0.05) is 13.8 Å². The van der Waals surface area contributed by atoms with Crippen LogP contribution in [0.25, 0.3) is 0 Å². The minimum atomic E-state index is -0.603. The fraction of sp³-hybridized carbons (Fsp3) is 0.400. The number of carbonyl (C=O) groups excluding carboxylic acids is 2. The van der Waals surface area contributed by atoms with Gasteiger partial charge in [-0.15, -0.1) is 0 Å². The van der Waals surface area contributed by atoms with Crippen molar-refractivity contribution in [2.45, 2.75) is 26.9 Å². The third-order valence-corrected chi connectivity index (χ3v) is 3.17. The molecule has 0 atom stereocenters. The number of amides is 1. The van der Waals surface area contributed by atoms with E-state index in [0.29, 0.717) is 18.2 Å². The molecule has 21 heavy (non-hydrogen) atoms. The summed E-state index contributed by atoms with van der Waals surface area (Å²) in [6.07, 6.45) is 5.17. The van der Waals surface area contributed by atoms with Gasteiger partial charge >= 0.3 is 0 Å². The first kappa shape index (κ1) is 15.0. The van der Waals surface area contributed by atoms with Gasteiger partial charge in [-0.05, 0) is 18.1 Å². The number of nitrogens with one attached hydrogen (secondary N) is 1. The summed E-state index contributed by atoms with van der Waals surface area (Å²) in [5.74, 6) is -0.648. The summed E-state index contributed by atoms with van der Waals surface area (Å²) in [5.41, 5.74) is 1.26. The second kappa shape index (κ2) is 6.39. The Morgan fingerprint density at radius 3 is 2.76 bits per heavy atom. The monoisotopic (exact) mass is 288 g/mol. The summed E-state index contributed by atoms with van der Waals surface area (Å²) in [5, 5.41) is 2.65. The highest BCUT2D eigenvalue weighted by atomic mass is 16.2. The Hall–Kier alpha value is -2.37. The number of hydrogen-bond donors (Lipinski definition) is 1. The second-order valence-electron chi connectivity index (χ2n) is 5.45. The summed E-state index contributed by atoms with van der Waals surface area (Å²) in [6, 6.07) is 3.36. The molecule has 2 rings (SSSR count). The highest BCUT2D eigenvalue weighted by Gasteiger charge is 2.18. The van der Waals surface area contributed by atoms with E-state index in [9.17, 15) is 9.59 Å². The van der Waals surface area contributed by atoms with Gasteiger partial charge in [-0.2, -0.15) is 0 Å². The van der Waals surface area contributed by atoms with Crippen molar-refractivity contribution in [2.75, 3.05) is 0 Å². The molecule has 2 aromatic rings. The van der Waals surface area contributed by atoms with Gasteiger partial charge in [0.2, 0.25) is 0 Å². The number of rotatable bonds is 6. The van der Waals surface area contributed by atoms with Gasteiger partial charge in [0.05, 0.1) is 24.3 Å². The molecule has 2 heterocycles. The van der Waals surface area contributed by atoms with Crippen molar-refractivity contribution in [3.8, 4) is 0 Å². The van der Waals surface area contributed by atoms with Crippen molar-refractivity contribution in [2.24, 2.45) is 13.0 Å². The van der Waals surface area contributed by atoms with E-state index in [1.165, 1.54) is 0 Å². The van der Waals surface area contributed by atoms with Gasteiger partial charge in [0.15, 0.2) is 0 Å². The lowest BCUT2D eigenvalue weighted by molar-refractivity contribution is -0.117. The molecule has 112 valence electrons. The lowest BCUT2D eigenvalue weighted by Gasteiger charge is -2.11. The maximum absolute atomic E-state index is 12.0. The zero-order chi connectivity index (χ0) is 15.4. The minimum Gasteiger partial charge on any atom is -0.348 e. The SMILES string of the molecule is CC(C)Cn1cncc1CNC(=O)C(=O)c1cccn1C. The number of aryl methyl sites for hydroxylation is 1. The lowest BCUT2D eigenvalue weighted by atomic mass is 10.2. The smallest absolute Gasteiger partial charge is 0.294 e. The molecule has 0 spiro atoms. The van der Waals surface area contributed by atoms with E-state index < -0.39 is 11.7 Å². The Balaban J connectivity index is 1.97. The van der Waals surface area contributed by atoms with E-state index in [1.807, 2.05) is 4.57 Å². The summed E-state index contributed by atoms with van der Waals surface area (Å²) in [6.45, 7) is 5.35. The van der Waals surface area contributed by atoms with Gasteiger partial charge in [0, 0.05) is 26.0 Å². The molecule has 1 N–H and O–H groups in total. The number of nitrogens with zero attached hydrogens (tertiary/aromatic N) is 3. The summed E-state index contributed by atoms with van der Waals surface area (Å²) in [7, 11) is 1.73. The molecule has 0 bridgehead atoms. The van der Waals surface area contributed by atoms with Crippen LogP contribution in [0.15, 0.2) is 30.9 Å². The molecule has 0 radical (unpaired) electrons. The second-order valence-corrected chi connectivity index (χ2v) is 5.45. The molecule has 1 amide bonds. The summed E-state index contributed by atoms with van der Waals surface area (Å²) in [4.78, 5) is 28.0. The highest BCUT2D eigenvalue weighted by Crippen LogP contribution is 2.05. The van der Waals surface area contributed by atoms with Crippen molar-refractivity contribution in [1.82, 2.24) is 19.4 Å². The van der Waals surface area contributed by atoms with Crippen LogP contribution in [0.5, 0.6) is 0 Å². The van der Waals surface area contributed by atoms with Crippen LogP contribution < -0.4 is 5.32 Å². The maximum Gasteiger partial charge on any atom is 0.294 e. The Labute approximate surface area is 123 Å². The average Bonchev–Trinajstić information content (AvgIpc) is 3.03. The van der Waals surface area contributed by atoms with E-state index in [2.05, 4.69) is 24.1 Å². The summed E-state index contributed by atoms with van der Waals surface area (Å²) < 4.78 is 3.61. The van der Waals surface area contributed by atoms with Gasteiger partial charge in [-0.25, -0.2) is 4.98 Å². The lowest BCUT2D eigenvalue weighted by Crippen LogP contribution is -2.32. The first-order valence-corrected chi connectivity index (χ1v) is 6.92. The van der Waals surface area contributed by atoms with Crippen LogP contribution in [0.2, 0.25) is 0 Å². The zero-order valence-corrected chi connectivity index (χ0v) is 12.5. The van der Waals surface area contributed by atoms with E-state index in [1.54, 1.807) is 42.5 Å². The molecule has 0 unspecified atom stereocenters. The molecular weight excluding hydrogens is 268 g/mol. The maximum atomic E-state index is 12.0. The van der Waals surface area contributed by atoms with Crippen LogP contribution >= 0.6 is 0 Å². The highest BCUT2D eigenvalue weighted by molar-refractivity contribution is 6.42. The third kappa shape index (κ3) is 3.59.